The van der Waals surface area contributed by atoms with Gasteiger partial charge < -0.3 is 10.4 Å². The molecule has 1 fully saturated rings. The van der Waals surface area contributed by atoms with E-state index in [-0.39, 0.29) is 5.70 Å². The fourth-order valence-electron chi connectivity index (χ4n) is 3.34. The molecule has 2 aromatic rings. The second-order valence-corrected chi connectivity index (χ2v) is 9.70. The van der Waals surface area contributed by atoms with Gasteiger partial charge in [-0.2, -0.15) is 5.10 Å². The van der Waals surface area contributed by atoms with Gasteiger partial charge in [-0.15, -0.1) is 16.9 Å². The van der Waals surface area contributed by atoms with Crippen LogP contribution in [-0.4, -0.2) is 80.7 Å². The molecule has 0 saturated carbocycles. The fourth-order valence-corrected chi connectivity index (χ4v) is 5.81. The van der Waals surface area contributed by atoms with Crippen LogP contribution in [0, 0.1) is 6.92 Å². The van der Waals surface area contributed by atoms with E-state index in [9.17, 15) is 19.5 Å². The largest absolute Gasteiger partial charge is 0.477 e. The number of carbonyl (C=O) groups is 3. The topological polar surface area (TPSA) is 148 Å². The first-order chi connectivity index (χ1) is 15.2. The number of carbonyl (C=O) groups excluding carboxylic acids is 2. The summed E-state index contributed by atoms with van der Waals surface area (Å²) in [4.78, 5) is 38.7. The predicted molar refractivity (Wildman–Crippen MR) is 116 cm³/mol. The number of carboxylic acid groups (broad SMARTS) is 1. The minimum absolute atomic E-state index is 0.0468. The first-order valence-electron chi connectivity index (χ1n) is 9.45. The molecule has 2 aliphatic heterocycles. The highest BCUT2D eigenvalue weighted by molar-refractivity contribution is 8.01. The molecule has 2 amide bonds. The number of thioether (sulfide) groups is 2. The number of hydrogen-bond donors (Lipinski definition) is 2. The van der Waals surface area contributed by atoms with Crippen LogP contribution in [0.5, 0.6) is 0 Å². The maximum Gasteiger partial charge on any atom is 0.352 e. The van der Waals surface area contributed by atoms with Crippen LogP contribution in [-0.2, 0) is 21.4 Å². The molecule has 4 rings (SSSR count). The molecule has 0 unspecified atom stereocenters. The average molecular weight is 499 g/mol. The third-order valence-corrected chi connectivity index (χ3v) is 7.94. The highest BCUT2D eigenvalue weighted by Crippen LogP contribution is 2.41. The van der Waals surface area contributed by atoms with E-state index in [1.807, 2.05) is 0 Å². The van der Waals surface area contributed by atoms with Gasteiger partial charge in [0.2, 0.25) is 11.1 Å². The lowest BCUT2D eigenvalue weighted by Gasteiger charge is -2.49. The first kappa shape index (κ1) is 22.6. The molecule has 0 radical (unpaired) electrons. The standard InChI is InChI=1S/C17H19ClN8O4S2/c1-7-10(18)4-25(21-7)8(2)13(27)19-11-14(28)26-12(16(29)30)9(5-31-15(11)26)6-32-17-20-22-23-24(17)3/h4,8,11,15H,5-6H2,1-3H3,(H,19,27)(H,29,30)/t8-,11-,15-/m1/s1. The minimum Gasteiger partial charge on any atom is -0.477 e. The molecule has 2 N–H and O–H groups in total. The number of hydrogen-bond acceptors (Lipinski definition) is 9. The van der Waals surface area contributed by atoms with Gasteiger partial charge in [-0.25, -0.2) is 9.48 Å². The minimum atomic E-state index is -1.19. The molecular formula is C17H19ClN8O4S2. The maximum absolute atomic E-state index is 12.8. The number of nitrogens with one attached hydrogen (secondary N) is 1. The zero-order chi connectivity index (χ0) is 23.2. The highest BCUT2D eigenvalue weighted by Gasteiger charge is 2.54. The monoisotopic (exact) mass is 498 g/mol. The lowest BCUT2D eigenvalue weighted by molar-refractivity contribution is -0.151. The molecule has 0 bridgehead atoms. The van der Waals surface area contributed by atoms with Crippen LogP contribution in [0.3, 0.4) is 0 Å². The summed E-state index contributed by atoms with van der Waals surface area (Å²) in [6.07, 6.45) is 1.55. The normalized spacial score (nSPS) is 21.2. The van der Waals surface area contributed by atoms with Crippen molar-refractivity contribution in [3.63, 3.8) is 0 Å². The summed E-state index contributed by atoms with van der Waals surface area (Å²) in [7, 11) is 1.69. The molecule has 1 saturated heterocycles. The number of β-lactam (4-membered cyclic amide) rings is 1. The number of aryl methyl sites for hydroxylation is 2. The summed E-state index contributed by atoms with van der Waals surface area (Å²) < 4.78 is 2.92. The summed E-state index contributed by atoms with van der Waals surface area (Å²) in [6.45, 7) is 3.37. The molecule has 15 heteroatoms. The molecule has 32 heavy (non-hydrogen) atoms. The Morgan fingerprint density at radius 2 is 2.22 bits per heavy atom. The Morgan fingerprint density at radius 1 is 1.47 bits per heavy atom. The van der Waals surface area contributed by atoms with Crippen molar-refractivity contribution in [3.05, 3.63) is 28.2 Å². The summed E-state index contributed by atoms with van der Waals surface area (Å²) >= 11 is 8.70. The van der Waals surface area contributed by atoms with E-state index in [2.05, 4.69) is 25.9 Å². The van der Waals surface area contributed by atoms with Crippen molar-refractivity contribution in [3.8, 4) is 0 Å². The van der Waals surface area contributed by atoms with Crippen LogP contribution in [0.1, 0.15) is 18.7 Å². The van der Waals surface area contributed by atoms with Crippen LogP contribution >= 0.6 is 35.1 Å². The van der Waals surface area contributed by atoms with Crippen molar-refractivity contribution in [1.29, 1.82) is 0 Å². The predicted octanol–water partition coefficient (Wildman–Crippen LogP) is 0.460. The lowest BCUT2D eigenvalue weighted by Crippen LogP contribution is -2.71. The Labute approximate surface area is 195 Å². The van der Waals surface area contributed by atoms with Crippen molar-refractivity contribution in [2.45, 2.75) is 36.5 Å². The molecule has 0 aromatic carbocycles. The number of tetrazole rings is 1. The van der Waals surface area contributed by atoms with Crippen molar-refractivity contribution in [2.75, 3.05) is 11.5 Å². The second kappa shape index (κ2) is 8.75. The third kappa shape index (κ3) is 3.97. The van der Waals surface area contributed by atoms with E-state index in [1.165, 1.54) is 37.8 Å². The van der Waals surface area contributed by atoms with Gasteiger partial charge in [0, 0.05) is 24.8 Å². The summed E-state index contributed by atoms with van der Waals surface area (Å²) in [5, 5.41) is 28.3. The SMILES string of the molecule is Cc1nn([C@H](C)C(=O)N[C@@H]2C(=O)N3C(C(=O)O)=C(CSc4nnnn4C)CS[C@H]23)cc1Cl. The molecule has 2 aromatic heterocycles. The van der Waals surface area contributed by atoms with Gasteiger partial charge in [-0.05, 0) is 29.8 Å². The van der Waals surface area contributed by atoms with Crippen LogP contribution in [0.2, 0.25) is 5.02 Å². The van der Waals surface area contributed by atoms with Crippen molar-refractivity contribution in [1.82, 2.24) is 40.2 Å². The van der Waals surface area contributed by atoms with Gasteiger partial charge in [0.15, 0.2) is 0 Å². The van der Waals surface area contributed by atoms with Crippen LogP contribution in [0.4, 0.5) is 0 Å². The molecule has 4 heterocycles. The third-order valence-electron chi connectivity index (χ3n) is 5.14. The van der Waals surface area contributed by atoms with E-state index in [0.717, 1.165) is 0 Å². The number of nitrogens with zero attached hydrogens (tertiary/aromatic N) is 7. The maximum atomic E-state index is 12.8. The lowest BCUT2D eigenvalue weighted by atomic mass is 10.0. The molecule has 3 atom stereocenters. The van der Waals surface area contributed by atoms with Gasteiger partial charge in [0.1, 0.15) is 23.2 Å². The van der Waals surface area contributed by atoms with Crippen molar-refractivity contribution in [2.24, 2.45) is 7.05 Å². The number of rotatable bonds is 7. The van der Waals surface area contributed by atoms with Crippen LogP contribution < -0.4 is 5.32 Å². The number of halogens is 1. The molecule has 0 spiro atoms. The molecule has 12 nitrogen and oxygen atoms in total. The summed E-state index contributed by atoms with van der Waals surface area (Å²) in [5.41, 5.74) is 1.15. The van der Waals surface area contributed by atoms with Gasteiger partial charge in [0.05, 0.1) is 10.7 Å². The fraction of sp³-hybridized carbons (Fsp3) is 0.471. The molecule has 0 aliphatic carbocycles. The number of fused-ring (bicyclic) bond motifs is 1. The van der Waals surface area contributed by atoms with Gasteiger partial charge in [0.25, 0.3) is 5.91 Å². The number of aromatic nitrogens is 6. The smallest absolute Gasteiger partial charge is 0.352 e. The molecule has 2 aliphatic rings. The van der Waals surface area contributed by atoms with Crippen LogP contribution in [0.25, 0.3) is 0 Å². The zero-order valence-corrected chi connectivity index (χ0v) is 19.6. The summed E-state index contributed by atoms with van der Waals surface area (Å²) in [5.74, 6) is -1.32. The molecular weight excluding hydrogens is 480 g/mol. The van der Waals surface area contributed by atoms with Gasteiger partial charge in [-0.3, -0.25) is 19.2 Å². The van der Waals surface area contributed by atoms with Crippen molar-refractivity contribution < 1.29 is 19.5 Å². The summed E-state index contributed by atoms with van der Waals surface area (Å²) in [6, 6.07) is -1.49. The Balaban J connectivity index is 1.46. The van der Waals surface area contributed by atoms with Crippen LogP contribution in [0.15, 0.2) is 22.6 Å². The molecule has 170 valence electrons. The van der Waals surface area contributed by atoms with E-state index < -0.39 is 35.2 Å². The Morgan fingerprint density at radius 3 is 2.81 bits per heavy atom. The Bertz CT molecular complexity index is 1110. The van der Waals surface area contributed by atoms with E-state index in [4.69, 9.17) is 11.6 Å². The van der Waals surface area contributed by atoms with Gasteiger partial charge in [-0.1, -0.05) is 23.4 Å². The highest BCUT2D eigenvalue weighted by atomic mass is 35.5. The van der Waals surface area contributed by atoms with Crippen molar-refractivity contribution >= 4 is 52.9 Å². The zero-order valence-electron chi connectivity index (χ0n) is 17.2. The van der Waals surface area contributed by atoms with E-state index >= 15 is 0 Å². The van der Waals surface area contributed by atoms with Gasteiger partial charge >= 0.3 is 5.97 Å². The Hall–Kier alpha value is -2.58. The number of carboxylic acids is 1. The Kier molecular flexibility index (Phi) is 6.18. The first-order valence-corrected chi connectivity index (χ1v) is 11.9. The van der Waals surface area contributed by atoms with E-state index in [1.54, 1.807) is 27.1 Å². The quantitative estimate of drug-likeness (QED) is 0.407. The number of aliphatic carboxylic acids is 1. The number of amides is 2. The second-order valence-electron chi connectivity index (χ2n) is 7.25. The van der Waals surface area contributed by atoms with E-state index in [0.29, 0.717) is 33.0 Å². The average Bonchev–Trinajstić information content (AvgIpc) is 3.33.